The van der Waals surface area contributed by atoms with Crippen molar-refractivity contribution < 1.29 is 9.18 Å². The van der Waals surface area contributed by atoms with E-state index in [0.29, 0.717) is 17.6 Å². The van der Waals surface area contributed by atoms with Crippen molar-refractivity contribution in [1.82, 2.24) is 9.47 Å². The molecule has 0 radical (unpaired) electrons. The second-order valence-electron chi connectivity index (χ2n) is 6.57. The molecule has 0 bridgehead atoms. The molecule has 28 heavy (non-hydrogen) atoms. The van der Waals surface area contributed by atoms with Crippen LogP contribution in [0.3, 0.4) is 0 Å². The molecule has 1 aromatic heterocycles. The van der Waals surface area contributed by atoms with Crippen LogP contribution in [0.5, 0.6) is 0 Å². The molecular formula is C21H21ClFN3O2. The van der Waals surface area contributed by atoms with Crippen molar-refractivity contribution in [2.45, 2.75) is 26.4 Å². The van der Waals surface area contributed by atoms with Gasteiger partial charge in [0.1, 0.15) is 5.82 Å². The van der Waals surface area contributed by atoms with Crippen molar-refractivity contribution >= 4 is 34.1 Å². The maximum absolute atomic E-state index is 13.3. The van der Waals surface area contributed by atoms with Gasteiger partial charge in [0.05, 0.1) is 11.1 Å². The predicted octanol–water partition coefficient (Wildman–Crippen LogP) is 5.04. The fraction of sp³-hybridized carbons (Fsp3) is 0.238. The zero-order chi connectivity index (χ0) is 20.4. The highest BCUT2D eigenvalue weighted by atomic mass is 35.5. The number of amides is 2. The number of carbonyl (C=O) groups is 1. The molecular weight excluding hydrogens is 381 g/mol. The second kappa shape index (κ2) is 8.02. The normalized spacial score (nSPS) is 12.0. The maximum Gasteiger partial charge on any atom is 0.322 e. The summed E-state index contributed by atoms with van der Waals surface area (Å²) in [5, 5.41) is 4.09. The van der Waals surface area contributed by atoms with Gasteiger partial charge in [-0.3, -0.25) is 4.79 Å². The van der Waals surface area contributed by atoms with E-state index < -0.39 is 5.82 Å². The predicted molar refractivity (Wildman–Crippen MR) is 110 cm³/mol. The first kappa shape index (κ1) is 19.9. The molecule has 0 aliphatic carbocycles. The molecule has 1 heterocycles. The highest BCUT2D eigenvalue weighted by Crippen LogP contribution is 2.27. The molecule has 5 nitrogen and oxygen atoms in total. The number of hydrogen-bond acceptors (Lipinski definition) is 2. The zero-order valence-corrected chi connectivity index (χ0v) is 16.6. The van der Waals surface area contributed by atoms with E-state index in [1.54, 1.807) is 23.9 Å². The average molecular weight is 402 g/mol. The Morgan fingerprint density at radius 1 is 1.25 bits per heavy atom. The van der Waals surface area contributed by atoms with E-state index in [2.05, 4.69) is 5.32 Å². The summed E-state index contributed by atoms with van der Waals surface area (Å²) in [6.45, 7) is 4.33. The third-order valence-corrected chi connectivity index (χ3v) is 5.18. The fourth-order valence-corrected chi connectivity index (χ4v) is 3.29. The van der Waals surface area contributed by atoms with Crippen LogP contribution in [0.4, 0.5) is 14.9 Å². The number of rotatable bonds is 4. The first-order valence-corrected chi connectivity index (χ1v) is 9.32. The summed E-state index contributed by atoms with van der Waals surface area (Å²) in [5.74, 6) is -0.547. The molecule has 1 N–H and O–H groups in total. The summed E-state index contributed by atoms with van der Waals surface area (Å²) in [6.07, 6.45) is 1.80. The number of carbonyl (C=O) groups excluding carboxylic acids is 1. The van der Waals surface area contributed by atoms with Crippen LogP contribution in [0.25, 0.3) is 10.8 Å². The number of hydrogen-bond donors (Lipinski definition) is 1. The Kier molecular flexibility index (Phi) is 5.70. The summed E-state index contributed by atoms with van der Waals surface area (Å²) in [4.78, 5) is 26.8. The number of benzene rings is 2. The van der Waals surface area contributed by atoms with Crippen LogP contribution in [-0.2, 0) is 6.54 Å². The molecule has 2 aromatic carbocycles. The molecule has 3 rings (SSSR count). The number of nitrogens with one attached hydrogen (secondary N) is 1. The van der Waals surface area contributed by atoms with Gasteiger partial charge in [-0.05, 0) is 49.1 Å². The van der Waals surface area contributed by atoms with Gasteiger partial charge in [-0.2, -0.15) is 0 Å². The molecule has 0 saturated heterocycles. The van der Waals surface area contributed by atoms with Crippen molar-refractivity contribution in [3.05, 3.63) is 75.4 Å². The highest BCUT2D eigenvalue weighted by Gasteiger charge is 2.21. The standard InChI is InChI=1S/C21H21ClFN3O2/c1-4-26-12-17(15-7-5-6-8-16(15)20(26)27)13(2)25(3)21(28)24-14-9-10-19(23)18(22)11-14/h5-13H,4H2,1-3H3,(H,24,28)/t13-/m0/s1. The first-order chi connectivity index (χ1) is 13.3. The minimum absolute atomic E-state index is 0.0536. The molecule has 0 aliphatic heterocycles. The highest BCUT2D eigenvalue weighted by molar-refractivity contribution is 6.31. The number of aromatic nitrogens is 1. The van der Waals surface area contributed by atoms with Gasteiger partial charge in [0.25, 0.3) is 5.56 Å². The Bertz CT molecular complexity index is 1100. The largest absolute Gasteiger partial charge is 0.322 e. The van der Waals surface area contributed by atoms with Gasteiger partial charge in [0.2, 0.25) is 0 Å². The molecule has 7 heteroatoms. The molecule has 0 aliphatic rings. The molecule has 1 atom stereocenters. The van der Waals surface area contributed by atoms with Crippen LogP contribution >= 0.6 is 11.6 Å². The summed E-state index contributed by atoms with van der Waals surface area (Å²) >= 11 is 5.78. The minimum atomic E-state index is -0.547. The van der Waals surface area contributed by atoms with Crippen molar-refractivity contribution in [1.29, 1.82) is 0 Å². The van der Waals surface area contributed by atoms with Gasteiger partial charge < -0.3 is 14.8 Å². The Balaban J connectivity index is 1.93. The number of fused-ring (bicyclic) bond motifs is 1. The minimum Gasteiger partial charge on any atom is -0.321 e. The SMILES string of the molecule is CCn1cc([C@H](C)N(C)C(=O)Nc2ccc(F)c(Cl)c2)c2ccccc2c1=O. The molecule has 0 saturated carbocycles. The van der Waals surface area contributed by atoms with Crippen LogP contribution in [0.2, 0.25) is 5.02 Å². The molecule has 0 fully saturated rings. The van der Waals surface area contributed by atoms with Crippen LogP contribution in [-0.4, -0.2) is 22.5 Å². The maximum atomic E-state index is 13.3. The van der Waals surface area contributed by atoms with Crippen molar-refractivity contribution in [3.63, 3.8) is 0 Å². The van der Waals surface area contributed by atoms with Gasteiger partial charge in [-0.15, -0.1) is 0 Å². The van der Waals surface area contributed by atoms with Crippen LogP contribution in [0, 0.1) is 5.82 Å². The van der Waals surface area contributed by atoms with Gasteiger partial charge in [-0.1, -0.05) is 29.8 Å². The Labute approximate surface area is 167 Å². The smallest absolute Gasteiger partial charge is 0.321 e. The van der Waals surface area contributed by atoms with E-state index in [9.17, 15) is 14.0 Å². The van der Waals surface area contributed by atoms with Crippen molar-refractivity contribution in [3.8, 4) is 0 Å². The Hall–Kier alpha value is -2.86. The first-order valence-electron chi connectivity index (χ1n) is 8.94. The van der Waals surface area contributed by atoms with E-state index in [-0.39, 0.29) is 22.7 Å². The van der Waals surface area contributed by atoms with Crippen LogP contribution in [0.1, 0.15) is 25.5 Å². The lowest BCUT2D eigenvalue weighted by atomic mass is 10.0. The van der Waals surface area contributed by atoms with Crippen LogP contribution < -0.4 is 10.9 Å². The zero-order valence-electron chi connectivity index (χ0n) is 15.9. The summed E-state index contributed by atoms with van der Waals surface area (Å²) in [6, 6.07) is 10.7. The quantitative estimate of drug-likeness (QED) is 0.665. The van der Waals surface area contributed by atoms with E-state index in [0.717, 1.165) is 10.9 Å². The number of halogens is 2. The lowest BCUT2D eigenvalue weighted by Gasteiger charge is -2.27. The topological polar surface area (TPSA) is 54.3 Å². The third-order valence-electron chi connectivity index (χ3n) is 4.89. The van der Waals surface area contributed by atoms with Gasteiger partial charge in [-0.25, -0.2) is 9.18 Å². The molecule has 3 aromatic rings. The monoisotopic (exact) mass is 401 g/mol. The molecule has 146 valence electrons. The molecule has 2 amide bonds. The number of pyridine rings is 1. The molecule has 0 spiro atoms. The van der Waals surface area contributed by atoms with Crippen molar-refractivity contribution in [2.24, 2.45) is 0 Å². The van der Waals surface area contributed by atoms with E-state index in [1.165, 1.54) is 23.1 Å². The average Bonchev–Trinajstić information content (AvgIpc) is 2.70. The van der Waals surface area contributed by atoms with E-state index in [4.69, 9.17) is 11.6 Å². The number of nitrogens with zero attached hydrogens (tertiary/aromatic N) is 2. The van der Waals surface area contributed by atoms with Gasteiger partial charge in [0.15, 0.2) is 0 Å². The lowest BCUT2D eigenvalue weighted by Crippen LogP contribution is -2.34. The Morgan fingerprint density at radius 3 is 2.57 bits per heavy atom. The van der Waals surface area contributed by atoms with Gasteiger partial charge >= 0.3 is 6.03 Å². The number of aryl methyl sites for hydroxylation is 1. The summed E-state index contributed by atoms with van der Waals surface area (Å²) in [5.41, 5.74) is 1.22. The third kappa shape index (κ3) is 3.73. The van der Waals surface area contributed by atoms with Crippen LogP contribution in [0.15, 0.2) is 53.5 Å². The fourth-order valence-electron chi connectivity index (χ4n) is 3.11. The van der Waals surface area contributed by atoms with Crippen molar-refractivity contribution in [2.75, 3.05) is 12.4 Å². The second-order valence-corrected chi connectivity index (χ2v) is 6.97. The Morgan fingerprint density at radius 2 is 1.93 bits per heavy atom. The number of anilines is 1. The lowest BCUT2D eigenvalue weighted by molar-refractivity contribution is 0.208. The number of urea groups is 1. The van der Waals surface area contributed by atoms with E-state index in [1.807, 2.05) is 32.0 Å². The van der Waals surface area contributed by atoms with Gasteiger partial charge in [0, 0.05) is 30.9 Å². The summed E-state index contributed by atoms with van der Waals surface area (Å²) < 4.78 is 15.0. The van der Waals surface area contributed by atoms with E-state index >= 15 is 0 Å². The summed E-state index contributed by atoms with van der Waals surface area (Å²) in [7, 11) is 1.67. The molecule has 0 unspecified atom stereocenters.